The van der Waals surface area contributed by atoms with E-state index < -0.39 is 0 Å². The number of carbonyl (C=O) groups excluding carboxylic acids is 1. The molecule has 0 aromatic rings. The highest BCUT2D eigenvalue weighted by molar-refractivity contribution is 5.75. The smallest absolute Gasteiger partial charge is 0.220 e. The van der Waals surface area contributed by atoms with Crippen LogP contribution in [-0.2, 0) is 4.79 Å². The van der Waals surface area contributed by atoms with E-state index in [1.54, 1.807) is 0 Å². The lowest BCUT2D eigenvalue weighted by Gasteiger charge is -2.03. The van der Waals surface area contributed by atoms with E-state index in [1.807, 2.05) is 13.0 Å². The molecule has 1 amide bonds. The summed E-state index contributed by atoms with van der Waals surface area (Å²) >= 11 is 0. The van der Waals surface area contributed by atoms with E-state index in [1.165, 1.54) is 19.3 Å². The highest BCUT2D eigenvalue weighted by atomic mass is 16.1. The molecule has 0 radical (unpaired) electrons. The molecular weight excluding hydrogens is 186 g/mol. The second-order valence-corrected chi connectivity index (χ2v) is 3.87. The van der Waals surface area contributed by atoms with Crippen molar-refractivity contribution in [3.63, 3.8) is 0 Å². The molecule has 0 bridgehead atoms. The monoisotopic (exact) mass is 211 g/mol. The molecule has 0 aliphatic heterocycles. The molecule has 0 unspecified atom stereocenters. The number of hydrogen-bond acceptors (Lipinski definition) is 1. The van der Waals surface area contributed by atoms with Crippen molar-refractivity contribution >= 4 is 5.91 Å². The molecule has 0 saturated heterocycles. The van der Waals surface area contributed by atoms with Gasteiger partial charge in [0.05, 0.1) is 0 Å². The molecule has 1 N–H and O–H groups in total. The zero-order valence-electron chi connectivity index (χ0n) is 10.2. The van der Waals surface area contributed by atoms with Gasteiger partial charge in [-0.05, 0) is 26.2 Å². The summed E-state index contributed by atoms with van der Waals surface area (Å²) in [6, 6.07) is 0. The molecule has 0 rings (SSSR count). The van der Waals surface area contributed by atoms with Crippen LogP contribution in [0.5, 0.6) is 0 Å². The molecular formula is C13H25NO. The Hall–Kier alpha value is -0.790. The molecule has 0 heterocycles. The first kappa shape index (κ1) is 14.2. The minimum Gasteiger partial charge on any atom is -0.356 e. The summed E-state index contributed by atoms with van der Waals surface area (Å²) in [7, 11) is 0. The van der Waals surface area contributed by atoms with Crippen molar-refractivity contribution in [2.24, 2.45) is 0 Å². The van der Waals surface area contributed by atoms with Crippen molar-refractivity contribution in [3.8, 4) is 0 Å². The zero-order chi connectivity index (χ0) is 11.4. The van der Waals surface area contributed by atoms with Crippen LogP contribution in [0.3, 0.4) is 0 Å². The molecule has 0 aromatic carbocycles. The van der Waals surface area contributed by atoms with E-state index in [-0.39, 0.29) is 5.91 Å². The maximum atomic E-state index is 11.3. The van der Waals surface area contributed by atoms with E-state index in [0.29, 0.717) is 6.42 Å². The predicted molar refractivity (Wildman–Crippen MR) is 65.8 cm³/mol. The van der Waals surface area contributed by atoms with Gasteiger partial charge in [-0.1, -0.05) is 38.3 Å². The van der Waals surface area contributed by atoms with Gasteiger partial charge in [-0.2, -0.15) is 0 Å². The van der Waals surface area contributed by atoms with Gasteiger partial charge in [0.1, 0.15) is 0 Å². The van der Waals surface area contributed by atoms with Crippen LogP contribution in [0.25, 0.3) is 0 Å². The Bertz CT molecular complexity index is 175. The molecule has 2 nitrogen and oxygen atoms in total. The normalized spacial score (nSPS) is 10.8. The highest BCUT2D eigenvalue weighted by Gasteiger charge is 1.98. The zero-order valence-corrected chi connectivity index (χ0v) is 10.2. The fourth-order valence-corrected chi connectivity index (χ4v) is 1.42. The summed E-state index contributed by atoms with van der Waals surface area (Å²) in [4.78, 5) is 11.3. The third-order valence-corrected chi connectivity index (χ3v) is 2.36. The molecule has 0 aliphatic carbocycles. The molecule has 2 heteroatoms. The molecule has 15 heavy (non-hydrogen) atoms. The number of hydrogen-bond donors (Lipinski definition) is 1. The first-order valence-corrected chi connectivity index (χ1v) is 6.19. The van der Waals surface area contributed by atoms with Gasteiger partial charge in [0.2, 0.25) is 5.91 Å². The minimum atomic E-state index is 0.205. The number of unbranched alkanes of at least 4 members (excludes halogenated alkanes) is 4. The van der Waals surface area contributed by atoms with Crippen molar-refractivity contribution < 1.29 is 4.79 Å². The first-order valence-electron chi connectivity index (χ1n) is 6.19. The van der Waals surface area contributed by atoms with Gasteiger partial charge in [-0.3, -0.25) is 4.79 Å². The van der Waals surface area contributed by atoms with Gasteiger partial charge >= 0.3 is 0 Å². The summed E-state index contributed by atoms with van der Waals surface area (Å²) in [6.07, 6.45) is 11.7. The van der Waals surface area contributed by atoms with E-state index in [4.69, 9.17) is 0 Å². The Morgan fingerprint density at radius 2 is 2.00 bits per heavy atom. The summed E-state index contributed by atoms with van der Waals surface area (Å²) in [5.74, 6) is 0.205. The second kappa shape index (κ2) is 11.3. The van der Waals surface area contributed by atoms with Crippen molar-refractivity contribution in [1.29, 1.82) is 0 Å². The molecule has 0 atom stereocenters. The van der Waals surface area contributed by atoms with Crippen LogP contribution in [-0.4, -0.2) is 12.5 Å². The average Bonchev–Trinajstić information content (AvgIpc) is 2.24. The van der Waals surface area contributed by atoms with Gasteiger partial charge in [0.25, 0.3) is 0 Å². The van der Waals surface area contributed by atoms with Gasteiger partial charge < -0.3 is 5.32 Å². The lowest BCUT2D eigenvalue weighted by Crippen LogP contribution is -2.23. The maximum absolute atomic E-state index is 11.3. The Morgan fingerprint density at radius 3 is 2.67 bits per heavy atom. The summed E-state index contributed by atoms with van der Waals surface area (Å²) in [5.41, 5.74) is 0. The summed E-state index contributed by atoms with van der Waals surface area (Å²) in [5, 5.41) is 2.96. The van der Waals surface area contributed by atoms with Gasteiger partial charge in [-0.15, -0.1) is 0 Å². The van der Waals surface area contributed by atoms with Crippen molar-refractivity contribution in [2.75, 3.05) is 6.54 Å². The quantitative estimate of drug-likeness (QED) is 0.459. The molecule has 0 fully saturated rings. The average molecular weight is 211 g/mol. The van der Waals surface area contributed by atoms with Crippen LogP contribution in [0.2, 0.25) is 0 Å². The van der Waals surface area contributed by atoms with E-state index in [9.17, 15) is 4.79 Å². The summed E-state index contributed by atoms with van der Waals surface area (Å²) < 4.78 is 0. The van der Waals surface area contributed by atoms with Crippen molar-refractivity contribution in [2.45, 2.75) is 58.8 Å². The first-order chi connectivity index (χ1) is 7.31. The number of carbonyl (C=O) groups is 1. The predicted octanol–water partition coefficient (Wildman–Crippen LogP) is 3.43. The minimum absolute atomic E-state index is 0.205. The van der Waals surface area contributed by atoms with Gasteiger partial charge in [0, 0.05) is 13.0 Å². The van der Waals surface area contributed by atoms with E-state index in [2.05, 4.69) is 18.3 Å². The van der Waals surface area contributed by atoms with Crippen LogP contribution in [0, 0.1) is 0 Å². The summed E-state index contributed by atoms with van der Waals surface area (Å²) in [6.45, 7) is 5.05. The third kappa shape index (κ3) is 11.1. The lowest BCUT2D eigenvalue weighted by atomic mass is 10.2. The van der Waals surface area contributed by atoms with Crippen LogP contribution < -0.4 is 5.32 Å². The third-order valence-electron chi connectivity index (χ3n) is 2.36. The van der Waals surface area contributed by atoms with Crippen molar-refractivity contribution in [1.82, 2.24) is 5.32 Å². The Balaban J connectivity index is 3.18. The fraction of sp³-hybridized carbons (Fsp3) is 0.769. The Kier molecular flexibility index (Phi) is 10.7. The number of amides is 1. The van der Waals surface area contributed by atoms with Crippen LogP contribution in [0.4, 0.5) is 0 Å². The van der Waals surface area contributed by atoms with E-state index >= 15 is 0 Å². The molecule has 0 aromatic heterocycles. The largest absolute Gasteiger partial charge is 0.356 e. The van der Waals surface area contributed by atoms with Gasteiger partial charge in [0.15, 0.2) is 0 Å². The Morgan fingerprint density at radius 1 is 1.20 bits per heavy atom. The second-order valence-electron chi connectivity index (χ2n) is 3.87. The number of nitrogens with one attached hydrogen (secondary N) is 1. The SMILES string of the molecule is C/C=C/CCCC(=O)NCCCCCC. The topological polar surface area (TPSA) is 29.1 Å². The number of rotatable bonds is 9. The fourth-order valence-electron chi connectivity index (χ4n) is 1.42. The molecule has 0 saturated carbocycles. The Labute approximate surface area is 94.1 Å². The van der Waals surface area contributed by atoms with Crippen LogP contribution in [0.1, 0.15) is 58.8 Å². The molecule has 0 aliphatic rings. The highest BCUT2D eigenvalue weighted by Crippen LogP contribution is 1.99. The van der Waals surface area contributed by atoms with E-state index in [0.717, 1.165) is 25.8 Å². The van der Waals surface area contributed by atoms with Gasteiger partial charge in [-0.25, -0.2) is 0 Å². The number of allylic oxidation sites excluding steroid dienone is 2. The molecule has 0 spiro atoms. The standard InChI is InChI=1S/C13H25NO/c1-3-5-7-9-11-13(15)14-12-10-8-6-4-2/h3,5H,4,6-12H2,1-2H3,(H,14,15)/b5-3+. The molecule has 88 valence electrons. The lowest BCUT2D eigenvalue weighted by molar-refractivity contribution is -0.121. The van der Waals surface area contributed by atoms with Crippen LogP contribution >= 0.6 is 0 Å². The maximum Gasteiger partial charge on any atom is 0.220 e. The van der Waals surface area contributed by atoms with Crippen molar-refractivity contribution in [3.05, 3.63) is 12.2 Å². The van der Waals surface area contributed by atoms with Crippen LogP contribution in [0.15, 0.2) is 12.2 Å².